The van der Waals surface area contributed by atoms with Crippen molar-refractivity contribution in [3.63, 3.8) is 0 Å². The van der Waals surface area contributed by atoms with E-state index < -0.39 is 0 Å². The van der Waals surface area contributed by atoms with Crippen molar-refractivity contribution in [3.8, 4) is 11.3 Å². The predicted molar refractivity (Wildman–Crippen MR) is 91.2 cm³/mol. The molecule has 22 heavy (non-hydrogen) atoms. The van der Waals surface area contributed by atoms with Gasteiger partial charge in [-0.15, -0.1) is 0 Å². The normalized spacial score (nSPS) is 16.2. The van der Waals surface area contributed by atoms with Crippen molar-refractivity contribution in [2.75, 3.05) is 0 Å². The summed E-state index contributed by atoms with van der Waals surface area (Å²) in [5, 5.41) is 0. The zero-order valence-electron chi connectivity index (χ0n) is 13.1. The molecule has 0 N–H and O–H groups in total. The Kier molecular flexibility index (Phi) is 3.45. The molecule has 2 heteroatoms. The fraction of sp³-hybridized carbons (Fsp3) is 0.350. The van der Waals surface area contributed by atoms with Crippen LogP contribution in [0.2, 0.25) is 0 Å². The molecule has 1 aromatic carbocycles. The maximum absolute atomic E-state index is 4.75. The third-order valence-electron chi connectivity index (χ3n) is 4.98. The van der Waals surface area contributed by atoms with Crippen molar-refractivity contribution in [3.05, 3.63) is 59.9 Å². The van der Waals surface area contributed by atoms with Gasteiger partial charge in [-0.2, -0.15) is 0 Å². The summed E-state index contributed by atoms with van der Waals surface area (Å²) in [6, 6.07) is 15.3. The number of hydrogen-bond donors (Lipinski definition) is 0. The van der Waals surface area contributed by atoms with Crippen molar-refractivity contribution in [2.45, 2.75) is 44.9 Å². The second-order valence-electron chi connectivity index (χ2n) is 6.48. The minimum absolute atomic E-state index is 0.770. The van der Waals surface area contributed by atoms with Crippen molar-refractivity contribution in [2.24, 2.45) is 0 Å². The highest BCUT2D eigenvalue weighted by Crippen LogP contribution is 2.33. The third-order valence-corrected chi connectivity index (χ3v) is 4.98. The predicted octanol–water partition coefficient (Wildman–Crippen LogP) is 5.36. The average molecular weight is 290 g/mol. The van der Waals surface area contributed by atoms with Crippen LogP contribution in [0.4, 0.5) is 0 Å². The van der Waals surface area contributed by atoms with Gasteiger partial charge in [-0.25, -0.2) is 4.98 Å². The third kappa shape index (κ3) is 2.43. The number of benzene rings is 1. The number of aromatic nitrogens is 2. The highest BCUT2D eigenvalue weighted by molar-refractivity contribution is 5.63. The van der Waals surface area contributed by atoms with Gasteiger partial charge >= 0.3 is 0 Å². The van der Waals surface area contributed by atoms with Crippen LogP contribution < -0.4 is 0 Å². The van der Waals surface area contributed by atoms with Crippen LogP contribution in [0.1, 0.15) is 49.3 Å². The van der Waals surface area contributed by atoms with Gasteiger partial charge in [0.15, 0.2) is 0 Å². The first-order valence-corrected chi connectivity index (χ1v) is 8.36. The monoisotopic (exact) mass is 290 g/mol. The van der Waals surface area contributed by atoms with Crippen molar-refractivity contribution < 1.29 is 0 Å². The van der Waals surface area contributed by atoms with Gasteiger partial charge in [0.1, 0.15) is 5.65 Å². The lowest BCUT2D eigenvalue weighted by Gasteiger charge is -2.21. The summed E-state index contributed by atoms with van der Waals surface area (Å²) in [5.74, 6) is 0.770. The standard InChI is InChI=1S/C20H22N2/c1-15-6-5-9-20-21-19(14-22(15)20)18-12-10-17(11-13-18)16-7-3-2-4-8-16/h5-6,9-14,16H,2-4,7-8H2,1H3. The Morgan fingerprint density at radius 3 is 2.45 bits per heavy atom. The molecule has 1 saturated carbocycles. The molecule has 0 bridgehead atoms. The van der Waals surface area contributed by atoms with Gasteiger partial charge in [-0.3, -0.25) is 0 Å². The largest absolute Gasteiger partial charge is 0.304 e. The van der Waals surface area contributed by atoms with Gasteiger partial charge < -0.3 is 4.40 Å². The average Bonchev–Trinajstić information content (AvgIpc) is 3.02. The lowest BCUT2D eigenvalue weighted by Crippen LogP contribution is -2.04. The van der Waals surface area contributed by atoms with E-state index in [0.717, 1.165) is 17.3 Å². The molecule has 0 radical (unpaired) electrons. The summed E-state index contributed by atoms with van der Waals surface area (Å²) in [6.45, 7) is 2.12. The molecule has 2 nitrogen and oxygen atoms in total. The van der Waals surface area contributed by atoms with Crippen LogP contribution in [-0.2, 0) is 0 Å². The van der Waals surface area contributed by atoms with E-state index in [9.17, 15) is 0 Å². The summed E-state index contributed by atoms with van der Waals surface area (Å²) in [5.41, 5.74) is 6.01. The second kappa shape index (κ2) is 5.60. The van der Waals surface area contributed by atoms with Gasteiger partial charge in [0.25, 0.3) is 0 Å². The molecule has 1 aliphatic carbocycles. The molecule has 4 rings (SSSR count). The van der Waals surface area contributed by atoms with Crippen molar-refractivity contribution in [1.29, 1.82) is 0 Å². The summed E-state index contributed by atoms with van der Waals surface area (Å²) in [4.78, 5) is 4.75. The number of pyridine rings is 1. The van der Waals surface area contributed by atoms with Crippen molar-refractivity contribution in [1.82, 2.24) is 9.38 Å². The summed E-state index contributed by atoms with van der Waals surface area (Å²) < 4.78 is 2.16. The van der Waals surface area contributed by atoms with Crippen LogP contribution in [0.25, 0.3) is 16.9 Å². The lowest BCUT2D eigenvalue weighted by molar-refractivity contribution is 0.443. The van der Waals surface area contributed by atoms with Crippen LogP contribution in [0.5, 0.6) is 0 Å². The SMILES string of the molecule is Cc1cccc2nc(-c3ccc(C4CCCCC4)cc3)cn12. The van der Waals surface area contributed by atoms with E-state index in [2.05, 4.69) is 60.0 Å². The molecule has 2 heterocycles. The highest BCUT2D eigenvalue weighted by Gasteiger charge is 2.15. The van der Waals surface area contributed by atoms with Gasteiger partial charge in [0.05, 0.1) is 5.69 Å². The maximum Gasteiger partial charge on any atom is 0.137 e. The Bertz CT molecular complexity index is 777. The van der Waals surface area contributed by atoms with Gasteiger partial charge in [0, 0.05) is 17.5 Å². The lowest BCUT2D eigenvalue weighted by atomic mass is 9.84. The zero-order valence-corrected chi connectivity index (χ0v) is 13.1. The minimum atomic E-state index is 0.770. The fourth-order valence-corrected chi connectivity index (χ4v) is 3.65. The van der Waals surface area contributed by atoms with Crippen LogP contribution in [-0.4, -0.2) is 9.38 Å². The molecular formula is C20H22N2. The van der Waals surface area contributed by atoms with Crippen LogP contribution in [0, 0.1) is 6.92 Å². The number of aryl methyl sites for hydroxylation is 1. The zero-order chi connectivity index (χ0) is 14.9. The first-order chi connectivity index (χ1) is 10.8. The smallest absolute Gasteiger partial charge is 0.137 e. The molecule has 3 aromatic rings. The van der Waals surface area contributed by atoms with E-state index in [1.807, 2.05) is 0 Å². The Morgan fingerprint density at radius 2 is 1.73 bits per heavy atom. The molecule has 0 aliphatic heterocycles. The van der Waals surface area contributed by atoms with E-state index in [1.165, 1.54) is 48.9 Å². The molecule has 2 aromatic heterocycles. The highest BCUT2D eigenvalue weighted by atomic mass is 15.0. The number of rotatable bonds is 2. The molecule has 0 atom stereocenters. The maximum atomic E-state index is 4.75. The number of nitrogens with zero attached hydrogens (tertiary/aromatic N) is 2. The molecular weight excluding hydrogens is 268 g/mol. The van der Waals surface area contributed by atoms with E-state index in [4.69, 9.17) is 4.98 Å². The Labute approximate surface area is 131 Å². The first kappa shape index (κ1) is 13.6. The molecule has 0 amide bonds. The minimum Gasteiger partial charge on any atom is -0.304 e. The van der Waals surface area contributed by atoms with Crippen molar-refractivity contribution >= 4 is 5.65 Å². The quantitative estimate of drug-likeness (QED) is 0.621. The van der Waals surface area contributed by atoms with Crippen LogP contribution in [0.15, 0.2) is 48.7 Å². The van der Waals surface area contributed by atoms with E-state index in [-0.39, 0.29) is 0 Å². The Hall–Kier alpha value is -2.09. The fourth-order valence-electron chi connectivity index (χ4n) is 3.65. The number of hydrogen-bond acceptors (Lipinski definition) is 1. The molecule has 0 saturated heterocycles. The Balaban J connectivity index is 1.65. The van der Waals surface area contributed by atoms with Gasteiger partial charge in [0.2, 0.25) is 0 Å². The van der Waals surface area contributed by atoms with Gasteiger partial charge in [-0.05, 0) is 43.4 Å². The first-order valence-electron chi connectivity index (χ1n) is 8.36. The van der Waals surface area contributed by atoms with E-state index in [1.54, 1.807) is 0 Å². The number of fused-ring (bicyclic) bond motifs is 1. The van der Waals surface area contributed by atoms with Crippen LogP contribution in [0.3, 0.4) is 0 Å². The topological polar surface area (TPSA) is 17.3 Å². The van der Waals surface area contributed by atoms with Crippen LogP contribution >= 0.6 is 0 Å². The van der Waals surface area contributed by atoms with Gasteiger partial charge in [-0.1, -0.05) is 49.6 Å². The summed E-state index contributed by atoms with van der Waals surface area (Å²) >= 11 is 0. The summed E-state index contributed by atoms with van der Waals surface area (Å²) in [6.07, 6.45) is 9.03. The van der Waals surface area contributed by atoms with E-state index >= 15 is 0 Å². The number of imidazole rings is 1. The Morgan fingerprint density at radius 1 is 0.955 bits per heavy atom. The molecule has 1 aliphatic rings. The second-order valence-corrected chi connectivity index (χ2v) is 6.48. The molecule has 112 valence electrons. The summed E-state index contributed by atoms with van der Waals surface area (Å²) in [7, 11) is 0. The molecule has 1 fully saturated rings. The molecule has 0 spiro atoms. The molecule has 0 unspecified atom stereocenters. The van der Waals surface area contributed by atoms with E-state index in [0.29, 0.717) is 0 Å².